The minimum Gasteiger partial charge on any atom is -0.456 e. The van der Waals surface area contributed by atoms with Crippen LogP contribution in [0.4, 0.5) is 11.4 Å². The normalized spacial score (nSPS) is 12.5. The van der Waals surface area contributed by atoms with Gasteiger partial charge in [0.05, 0.1) is 0 Å². The van der Waals surface area contributed by atoms with Crippen LogP contribution in [0.3, 0.4) is 0 Å². The van der Waals surface area contributed by atoms with Crippen molar-refractivity contribution in [1.82, 2.24) is 0 Å². The number of benzene rings is 9. The van der Waals surface area contributed by atoms with Gasteiger partial charge in [0.2, 0.25) is 0 Å². The number of rotatable bonds is 5. The predicted molar refractivity (Wildman–Crippen MR) is 241 cm³/mol. The Bertz CT molecular complexity index is 3040. The van der Waals surface area contributed by atoms with Crippen LogP contribution < -0.4 is 5.32 Å². The number of anilines is 2. The molecule has 57 heavy (non-hydrogen) atoms. The van der Waals surface area contributed by atoms with E-state index in [0.717, 1.165) is 22.5 Å². The smallest absolute Gasteiger partial charge is 0.135 e. The first-order valence-electron chi connectivity index (χ1n) is 19.7. The van der Waals surface area contributed by atoms with Crippen molar-refractivity contribution < 1.29 is 4.42 Å². The summed E-state index contributed by atoms with van der Waals surface area (Å²) in [5.74, 6) is 0. The molecule has 0 bridgehead atoms. The second-order valence-electron chi connectivity index (χ2n) is 15.4. The molecule has 0 saturated carbocycles. The highest BCUT2D eigenvalue weighted by atomic mass is 16.3. The third kappa shape index (κ3) is 6.36. The summed E-state index contributed by atoms with van der Waals surface area (Å²) in [4.78, 5) is 0. The summed E-state index contributed by atoms with van der Waals surface area (Å²) in [6.07, 6.45) is 0. The van der Waals surface area contributed by atoms with Crippen LogP contribution in [-0.2, 0) is 5.41 Å². The van der Waals surface area contributed by atoms with Gasteiger partial charge in [-0.1, -0.05) is 178 Å². The van der Waals surface area contributed by atoms with Crippen LogP contribution in [0.15, 0.2) is 211 Å². The largest absolute Gasteiger partial charge is 0.456 e. The van der Waals surface area contributed by atoms with Gasteiger partial charge >= 0.3 is 0 Å². The third-order valence-corrected chi connectivity index (χ3v) is 11.6. The lowest BCUT2D eigenvalue weighted by Crippen LogP contribution is -2.15. The Morgan fingerprint density at radius 1 is 0.368 bits per heavy atom. The minimum absolute atomic E-state index is 0.0497. The zero-order valence-electron chi connectivity index (χ0n) is 32.0. The van der Waals surface area contributed by atoms with Crippen LogP contribution in [-0.4, -0.2) is 0 Å². The molecule has 0 fully saturated rings. The van der Waals surface area contributed by atoms with Gasteiger partial charge in [-0.25, -0.2) is 0 Å². The van der Waals surface area contributed by atoms with E-state index in [9.17, 15) is 0 Å². The van der Waals surface area contributed by atoms with Gasteiger partial charge in [-0.05, 0) is 103 Å². The van der Waals surface area contributed by atoms with Crippen LogP contribution in [0.1, 0.15) is 25.0 Å². The summed E-state index contributed by atoms with van der Waals surface area (Å²) in [5.41, 5.74) is 17.0. The number of fused-ring (bicyclic) bond motifs is 7. The molecule has 0 aliphatic heterocycles. The SMILES string of the molecule is CC1(C)c2cc(Nc3cccc4ccccc34)ccc2-c2ccc(-c3ccccc3)cc21.c1ccc(-c2ccc(-c3ccc4oc5ccccc5c4c3)cc2)cc1. The molecule has 10 aromatic rings. The van der Waals surface area contributed by atoms with Crippen molar-refractivity contribution in [2.24, 2.45) is 0 Å². The van der Waals surface area contributed by atoms with Crippen LogP contribution in [0.2, 0.25) is 0 Å². The van der Waals surface area contributed by atoms with E-state index < -0.39 is 0 Å². The number of para-hydroxylation sites is 1. The average Bonchev–Trinajstić information content (AvgIpc) is 3.75. The summed E-state index contributed by atoms with van der Waals surface area (Å²) < 4.78 is 5.92. The Balaban J connectivity index is 0.000000143. The van der Waals surface area contributed by atoms with Gasteiger partial charge in [0.25, 0.3) is 0 Å². The first kappa shape index (κ1) is 34.3. The molecular weight excluding hydrogens is 691 g/mol. The summed E-state index contributed by atoms with van der Waals surface area (Å²) in [6.45, 7) is 4.68. The maximum absolute atomic E-state index is 5.92. The molecule has 1 N–H and O–H groups in total. The lowest BCUT2D eigenvalue weighted by Gasteiger charge is -2.23. The van der Waals surface area contributed by atoms with Gasteiger partial charge in [0.15, 0.2) is 0 Å². The van der Waals surface area contributed by atoms with E-state index in [-0.39, 0.29) is 5.41 Å². The van der Waals surface area contributed by atoms with E-state index in [4.69, 9.17) is 4.42 Å². The number of hydrogen-bond acceptors (Lipinski definition) is 2. The highest BCUT2D eigenvalue weighted by Gasteiger charge is 2.35. The Morgan fingerprint density at radius 2 is 0.877 bits per heavy atom. The first-order valence-corrected chi connectivity index (χ1v) is 19.7. The molecule has 11 rings (SSSR count). The standard InChI is InChI=1S/C31H25N.C24H16O/c1-31(2)28-19-23(21-9-4-3-5-10-21)15-17-26(28)27-18-16-24(20-29(27)31)32-30-14-8-12-22-11-6-7-13-25(22)30;1-2-6-17(7-3-1)18-10-12-19(13-11-18)20-14-15-24-22(16-20)21-8-4-5-9-23(21)25-24/h3-20,32H,1-2H3;1-16H. The number of nitrogens with one attached hydrogen (secondary N) is 1. The van der Waals surface area contributed by atoms with E-state index in [1.807, 2.05) is 18.2 Å². The third-order valence-electron chi connectivity index (χ3n) is 11.6. The van der Waals surface area contributed by atoms with Gasteiger partial charge in [-0.3, -0.25) is 0 Å². The Hall–Kier alpha value is -7.16. The first-order chi connectivity index (χ1) is 28.0. The monoisotopic (exact) mass is 731 g/mol. The van der Waals surface area contributed by atoms with Crippen molar-refractivity contribution in [2.45, 2.75) is 19.3 Å². The van der Waals surface area contributed by atoms with Crippen molar-refractivity contribution in [3.05, 3.63) is 217 Å². The van der Waals surface area contributed by atoms with Crippen LogP contribution in [0, 0.1) is 0 Å². The molecule has 0 unspecified atom stereocenters. The topological polar surface area (TPSA) is 25.2 Å². The number of hydrogen-bond donors (Lipinski definition) is 1. The lowest BCUT2D eigenvalue weighted by atomic mass is 9.81. The van der Waals surface area contributed by atoms with Crippen molar-refractivity contribution in [3.8, 4) is 44.5 Å². The molecule has 0 amide bonds. The van der Waals surface area contributed by atoms with E-state index in [0.29, 0.717) is 0 Å². The van der Waals surface area contributed by atoms with Gasteiger partial charge in [0, 0.05) is 32.9 Å². The summed E-state index contributed by atoms with van der Waals surface area (Å²) in [6, 6.07) is 73.1. The molecule has 2 heteroatoms. The van der Waals surface area contributed by atoms with Crippen molar-refractivity contribution in [2.75, 3.05) is 5.32 Å². The van der Waals surface area contributed by atoms with Gasteiger partial charge < -0.3 is 9.73 Å². The molecule has 0 saturated heterocycles. The van der Waals surface area contributed by atoms with Crippen LogP contribution >= 0.6 is 0 Å². The van der Waals surface area contributed by atoms with Gasteiger partial charge in [-0.2, -0.15) is 0 Å². The highest BCUT2D eigenvalue weighted by molar-refractivity contribution is 6.06. The fourth-order valence-electron chi connectivity index (χ4n) is 8.51. The fraction of sp³-hybridized carbons (Fsp3) is 0.0545. The molecular formula is C55H41NO. The van der Waals surface area contributed by atoms with Crippen LogP contribution in [0.25, 0.3) is 77.2 Å². The molecule has 2 nitrogen and oxygen atoms in total. The lowest BCUT2D eigenvalue weighted by molar-refractivity contribution is 0.661. The molecule has 0 atom stereocenters. The van der Waals surface area contributed by atoms with Crippen molar-refractivity contribution >= 4 is 44.1 Å². The van der Waals surface area contributed by atoms with E-state index in [1.54, 1.807) is 0 Å². The van der Waals surface area contributed by atoms with Crippen LogP contribution in [0.5, 0.6) is 0 Å². The molecule has 9 aromatic carbocycles. The molecule has 272 valence electrons. The second-order valence-corrected chi connectivity index (χ2v) is 15.4. The molecule has 0 spiro atoms. The molecule has 1 aromatic heterocycles. The molecule has 1 aliphatic carbocycles. The van der Waals surface area contributed by atoms with E-state index in [1.165, 1.54) is 77.2 Å². The van der Waals surface area contributed by atoms with Crippen molar-refractivity contribution in [1.29, 1.82) is 0 Å². The quantitative estimate of drug-likeness (QED) is 0.191. The average molecular weight is 732 g/mol. The summed E-state index contributed by atoms with van der Waals surface area (Å²) in [7, 11) is 0. The minimum atomic E-state index is -0.0497. The molecule has 1 aliphatic rings. The van der Waals surface area contributed by atoms with Gasteiger partial charge in [-0.15, -0.1) is 0 Å². The van der Waals surface area contributed by atoms with E-state index in [2.05, 4.69) is 207 Å². The Morgan fingerprint density at radius 3 is 1.63 bits per heavy atom. The Labute approximate surface area is 333 Å². The predicted octanol–water partition coefficient (Wildman–Crippen LogP) is 15.5. The second kappa shape index (κ2) is 14.2. The molecule has 1 heterocycles. The fourth-order valence-corrected chi connectivity index (χ4v) is 8.51. The van der Waals surface area contributed by atoms with E-state index >= 15 is 0 Å². The zero-order chi connectivity index (χ0) is 38.3. The highest BCUT2D eigenvalue weighted by Crippen LogP contribution is 2.50. The van der Waals surface area contributed by atoms with Gasteiger partial charge in [0.1, 0.15) is 11.2 Å². The summed E-state index contributed by atoms with van der Waals surface area (Å²) in [5, 5.41) is 8.50. The summed E-state index contributed by atoms with van der Waals surface area (Å²) >= 11 is 0. The number of furan rings is 1. The zero-order valence-corrected chi connectivity index (χ0v) is 32.0. The Kier molecular flexibility index (Phi) is 8.53. The van der Waals surface area contributed by atoms with Crippen molar-refractivity contribution in [3.63, 3.8) is 0 Å². The maximum atomic E-state index is 5.92. The molecule has 0 radical (unpaired) electrons. The maximum Gasteiger partial charge on any atom is 0.135 e.